The highest BCUT2D eigenvalue weighted by molar-refractivity contribution is 5.78. The van der Waals surface area contributed by atoms with Crippen molar-refractivity contribution in [2.45, 2.75) is 32.6 Å². The number of carboxylic acid groups (broad SMARTS) is 1. The predicted octanol–water partition coefficient (Wildman–Crippen LogP) is 1.30. The van der Waals surface area contributed by atoms with Crippen molar-refractivity contribution >= 4 is 12.0 Å². The van der Waals surface area contributed by atoms with Gasteiger partial charge in [0.15, 0.2) is 0 Å². The number of aliphatic carboxylic acids is 1. The Morgan fingerprint density at radius 1 is 1.56 bits per heavy atom. The molecule has 2 N–H and O–H groups in total. The highest BCUT2D eigenvalue weighted by atomic mass is 16.4. The number of carbonyl (C=O) groups is 2. The summed E-state index contributed by atoms with van der Waals surface area (Å²) in [6.07, 6.45) is 7.48. The maximum atomic E-state index is 11.9. The molecule has 0 aromatic rings. The predicted molar refractivity (Wildman–Crippen MR) is 68.0 cm³/mol. The monoisotopic (exact) mass is 252 g/mol. The summed E-state index contributed by atoms with van der Waals surface area (Å²) in [5.41, 5.74) is -0.790. The Morgan fingerprint density at radius 3 is 2.83 bits per heavy atom. The summed E-state index contributed by atoms with van der Waals surface area (Å²) >= 11 is 0. The molecule has 0 aromatic carbocycles. The van der Waals surface area contributed by atoms with Gasteiger partial charge in [-0.2, -0.15) is 0 Å². The van der Waals surface area contributed by atoms with Gasteiger partial charge in [0.25, 0.3) is 0 Å². The number of nitrogens with one attached hydrogen (secondary N) is 1. The minimum atomic E-state index is -0.814. The van der Waals surface area contributed by atoms with E-state index in [4.69, 9.17) is 6.42 Å². The van der Waals surface area contributed by atoms with E-state index in [0.29, 0.717) is 32.4 Å². The highest BCUT2D eigenvalue weighted by Gasteiger charge is 2.41. The number of carboxylic acids is 1. The third kappa shape index (κ3) is 3.16. The van der Waals surface area contributed by atoms with E-state index in [1.54, 1.807) is 4.90 Å². The zero-order valence-corrected chi connectivity index (χ0v) is 10.7. The second-order valence-corrected chi connectivity index (χ2v) is 4.65. The van der Waals surface area contributed by atoms with Crippen LogP contribution in [0.4, 0.5) is 4.79 Å². The first-order valence-electron chi connectivity index (χ1n) is 6.25. The lowest BCUT2D eigenvalue weighted by Gasteiger charge is -2.39. The van der Waals surface area contributed by atoms with Crippen LogP contribution in [-0.4, -0.2) is 41.6 Å². The fraction of sp³-hybridized carbons (Fsp3) is 0.692. The number of hydrogen-bond donors (Lipinski definition) is 2. The smallest absolute Gasteiger partial charge is 0.317 e. The molecule has 1 heterocycles. The third-order valence-electron chi connectivity index (χ3n) is 3.54. The van der Waals surface area contributed by atoms with Crippen LogP contribution in [0.1, 0.15) is 32.6 Å². The summed E-state index contributed by atoms with van der Waals surface area (Å²) in [5.74, 6) is 1.63. The molecule has 1 fully saturated rings. The molecular weight excluding hydrogens is 232 g/mol. The standard InChI is InChI=1S/C13H20N2O3/c1-3-5-8-14-12(18)15-9-6-7-13(4-2,10-15)11(16)17/h1H,4-10H2,2H3,(H,14,18)(H,16,17). The summed E-state index contributed by atoms with van der Waals surface area (Å²) < 4.78 is 0. The summed E-state index contributed by atoms with van der Waals surface area (Å²) in [6, 6.07) is -0.218. The number of hydrogen-bond acceptors (Lipinski definition) is 2. The van der Waals surface area contributed by atoms with Gasteiger partial charge in [-0.3, -0.25) is 4.79 Å². The van der Waals surface area contributed by atoms with Gasteiger partial charge >= 0.3 is 12.0 Å². The molecule has 1 rings (SSSR count). The van der Waals surface area contributed by atoms with Crippen LogP contribution in [-0.2, 0) is 4.79 Å². The van der Waals surface area contributed by atoms with Crippen LogP contribution in [0.15, 0.2) is 0 Å². The molecule has 1 aliphatic rings. The van der Waals surface area contributed by atoms with Gasteiger partial charge in [0.05, 0.1) is 5.41 Å². The van der Waals surface area contributed by atoms with Gasteiger partial charge in [-0.05, 0) is 19.3 Å². The van der Waals surface area contributed by atoms with Crippen LogP contribution in [0.3, 0.4) is 0 Å². The summed E-state index contributed by atoms with van der Waals surface area (Å²) in [6.45, 7) is 3.17. The lowest BCUT2D eigenvalue weighted by molar-refractivity contribution is -0.152. The molecule has 100 valence electrons. The first-order valence-corrected chi connectivity index (χ1v) is 6.25. The lowest BCUT2D eigenvalue weighted by atomic mass is 9.78. The molecule has 1 saturated heterocycles. The molecule has 0 aliphatic carbocycles. The van der Waals surface area contributed by atoms with Gasteiger partial charge in [-0.1, -0.05) is 6.92 Å². The molecule has 0 spiro atoms. The number of amides is 2. The van der Waals surface area contributed by atoms with Crippen LogP contribution < -0.4 is 5.32 Å². The van der Waals surface area contributed by atoms with Gasteiger partial charge in [-0.25, -0.2) is 4.79 Å². The molecule has 0 aromatic heterocycles. The second kappa shape index (κ2) is 6.29. The number of likely N-dealkylation sites (tertiary alicyclic amines) is 1. The van der Waals surface area contributed by atoms with Gasteiger partial charge in [0.2, 0.25) is 0 Å². The normalized spacial score (nSPS) is 23.2. The average Bonchev–Trinajstić information content (AvgIpc) is 2.38. The van der Waals surface area contributed by atoms with Gasteiger partial charge in [0.1, 0.15) is 0 Å². The molecule has 0 radical (unpaired) electrons. The highest BCUT2D eigenvalue weighted by Crippen LogP contribution is 2.33. The zero-order chi connectivity index (χ0) is 13.6. The molecule has 0 bridgehead atoms. The Morgan fingerprint density at radius 2 is 2.28 bits per heavy atom. The number of piperidine rings is 1. The van der Waals surface area contributed by atoms with Crippen molar-refractivity contribution in [2.75, 3.05) is 19.6 Å². The van der Waals surface area contributed by atoms with E-state index in [1.807, 2.05) is 6.92 Å². The second-order valence-electron chi connectivity index (χ2n) is 4.65. The molecule has 1 aliphatic heterocycles. The average molecular weight is 252 g/mol. The molecule has 1 unspecified atom stereocenters. The maximum Gasteiger partial charge on any atom is 0.317 e. The Labute approximate surface area is 108 Å². The van der Waals surface area contributed by atoms with Crippen LogP contribution in [0, 0.1) is 17.8 Å². The van der Waals surface area contributed by atoms with Crippen molar-refractivity contribution in [3.05, 3.63) is 0 Å². The quantitative estimate of drug-likeness (QED) is 0.585. The maximum absolute atomic E-state index is 11.9. The summed E-state index contributed by atoms with van der Waals surface area (Å²) in [7, 11) is 0. The molecule has 1 atom stereocenters. The topological polar surface area (TPSA) is 69.6 Å². The Kier molecular flexibility index (Phi) is 5.02. The van der Waals surface area contributed by atoms with Crippen LogP contribution in [0.5, 0.6) is 0 Å². The molecular formula is C13H20N2O3. The van der Waals surface area contributed by atoms with Crippen molar-refractivity contribution in [3.8, 4) is 12.3 Å². The first kappa shape index (κ1) is 14.4. The molecule has 5 nitrogen and oxygen atoms in total. The van der Waals surface area contributed by atoms with Crippen molar-refractivity contribution in [1.29, 1.82) is 0 Å². The van der Waals surface area contributed by atoms with Crippen molar-refractivity contribution in [2.24, 2.45) is 5.41 Å². The van der Waals surface area contributed by atoms with E-state index in [1.165, 1.54) is 0 Å². The minimum absolute atomic E-state index is 0.218. The minimum Gasteiger partial charge on any atom is -0.481 e. The van der Waals surface area contributed by atoms with E-state index in [0.717, 1.165) is 6.42 Å². The fourth-order valence-corrected chi connectivity index (χ4v) is 2.27. The summed E-state index contributed by atoms with van der Waals surface area (Å²) in [5, 5.41) is 12.0. The van der Waals surface area contributed by atoms with Crippen molar-refractivity contribution in [1.82, 2.24) is 10.2 Å². The van der Waals surface area contributed by atoms with Crippen LogP contribution >= 0.6 is 0 Å². The molecule has 2 amide bonds. The Hall–Kier alpha value is -1.70. The SMILES string of the molecule is C#CCCNC(=O)N1CCCC(CC)(C(=O)O)C1. The van der Waals surface area contributed by atoms with Crippen LogP contribution in [0.25, 0.3) is 0 Å². The van der Waals surface area contributed by atoms with Crippen molar-refractivity contribution < 1.29 is 14.7 Å². The number of terminal acetylenes is 1. The van der Waals surface area contributed by atoms with Gasteiger partial charge in [0, 0.05) is 26.1 Å². The largest absolute Gasteiger partial charge is 0.481 e. The summed E-state index contributed by atoms with van der Waals surface area (Å²) in [4.78, 5) is 24.8. The van der Waals surface area contributed by atoms with E-state index in [9.17, 15) is 14.7 Å². The number of rotatable bonds is 4. The van der Waals surface area contributed by atoms with Crippen LogP contribution in [0.2, 0.25) is 0 Å². The van der Waals surface area contributed by atoms with Crippen molar-refractivity contribution in [3.63, 3.8) is 0 Å². The number of urea groups is 1. The molecule has 0 saturated carbocycles. The van der Waals surface area contributed by atoms with Gasteiger partial charge < -0.3 is 15.3 Å². The number of nitrogens with zero attached hydrogens (tertiary/aromatic N) is 1. The molecule has 18 heavy (non-hydrogen) atoms. The van der Waals surface area contributed by atoms with E-state index in [-0.39, 0.29) is 12.6 Å². The van der Waals surface area contributed by atoms with E-state index >= 15 is 0 Å². The third-order valence-corrected chi connectivity index (χ3v) is 3.54. The van der Waals surface area contributed by atoms with E-state index < -0.39 is 11.4 Å². The zero-order valence-electron chi connectivity index (χ0n) is 10.7. The lowest BCUT2D eigenvalue weighted by Crippen LogP contribution is -2.52. The Bertz CT molecular complexity index is 362. The van der Waals surface area contributed by atoms with Gasteiger partial charge in [-0.15, -0.1) is 12.3 Å². The first-order chi connectivity index (χ1) is 8.55. The fourth-order valence-electron chi connectivity index (χ4n) is 2.27. The van der Waals surface area contributed by atoms with E-state index in [2.05, 4.69) is 11.2 Å². The number of carbonyl (C=O) groups excluding carboxylic acids is 1. The Balaban J connectivity index is 2.60. The molecule has 5 heteroatoms.